The minimum atomic E-state index is -1.32. The summed E-state index contributed by atoms with van der Waals surface area (Å²) in [6.45, 7) is 12.1. The summed E-state index contributed by atoms with van der Waals surface area (Å²) < 4.78 is 0. The Labute approximate surface area is 318 Å². The van der Waals surface area contributed by atoms with Gasteiger partial charge in [0.15, 0.2) is 5.78 Å². The predicted octanol–water partition coefficient (Wildman–Crippen LogP) is 6.66. The van der Waals surface area contributed by atoms with Crippen LogP contribution in [0.3, 0.4) is 0 Å². The van der Waals surface area contributed by atoms with E-state index in [1.807, 2.05) is 37.4 Å². The molecule has 0 bridgehead atoms. The van der Waals surface area contributed by atoms with Crippen molar-refractivity contribution in [2.45, 2.75) is 97.9 Å². The minimum Gasteiger partial charge on any atom is -0.391 e. The van der Waals surface area contributed by atoms with E-state index in [1.165, 1.54) is 5.57 Å². The Morgan fingerprint density at radius 2 is 1.80 bits per heavy atom. The number of anilines is 1. The topological polar surface area (TPSA) is 152 Å². The lowest BCUT2D eigenvalue weighted by molar-refractivity contribution is -0.145. The number of aliphatic hydroxyl groups is 1. The number of carbonyl (C=O) groups excluding carboxylic acids is 4. The number of hydrogen-bond donors (Lipinski definition) is 6. The molecule has 3 aromatic rings. The zero-order valence-corrected chi connectivity index (χ0v) is 32.2. The molecular formula is C44H55N5O5. The Kier molecular flexibility index (Phi) is 11.6. The average Bonchev–Trinajstić information content (AvgIpc) is 3.71. The largest absolute Gasteiger partial charge is 0.391 e. The first kappa shape index (κ1) is 38.8. The zero-order valence-electron chi connectivity index (χ0n) is 32.2. The Bertz CT molecular complexity index is 1990. The molecule has 3 amide bonds. The molecule has 6 N–H and O–H groups in total. The maximum absolute atomic E-state index is 15.0. The smallest absolute Gasteiger partial charge is 0.254 e. The van der Waals surface area contributed by atoms with Crippen LogP contribution in [-0.2, 0) is 14.4 Å². The molecule has 10 heteroatoms. The van der Waals surface area contributed by atoms with Crippen LogP contribution in [0.1, 0.15) is 89.6 Å². The lowest BCUT2D eigenvalue weighted by Crippen LogP contribution is -2.54. The Hall–Kier alpha value is -4.96. The van der Waals surface area contributed by atoms with Crippen LogP contribution in [0, 0.1) is 29.1 Å². The van der Waals surface area contributed by atoms with E-state index < -0.39 is 41.3 Å². The van der Waals surface area contributed by atoms with Crippen molar-refractivity contribution in [3.63, 3.8) is 0 Å². The van der Waals surface area contributed by atoms with Crippen molar-refractivity contribution in [2.24, 2.45) is 29.1 Å². The second kappa shape index (κ2) is 16.2. The maximum atomic E-state index is 15.0. The molecule has 0 unspecified atom stereocenters. The summed E-state index contributed by atoms with van der Waals surface area (Å²) in [6.07, 6.45) is 11.2. The van der Waals surface area contributed by atoms with Crippen LogP contribution in [-0.4, -0.2) is 57.8 Å². The number of hydrogen-bond acceptors (Lipinski definition) is 6. The number of rotatable bonds is 9. The SMILES string of the molecule is CC[C@H](C)[C@@H]1NC(=O)[C@@]23C(=O)C[C@@H](Nc4ccccc4C(=O)N[C@@H](C)C(=O)N/C=C/c4c[nH]c5ccccc45)[C@H](O)CCC/C(C)=C/[C@H]2C=C(C)[C@@H](C)[C@@H]13. The number of fused-ring (bicyclic) bond motifs is 1. The summed E-state index contributed by atoms with van der Waals surface area (Å²) in [5.74, 6) is -1.77. The molecule has 54 heavy (non-hydrogen) atoms. The Balaban J connectivity index is 1.23. The summed E-state index contributed by atoms with van der Waals surface area (Å²) in [5, 5.41) is 24.9. The summed E-state index contributed by atoms with van der Waals surface area (Å²) >= 11 is 0. The quantitative estimate of drug-likeness (QED) is 0.107. The molecule has 10 nitrogen and oxygen atoms in total. The van der Waals surface area contributed by atoms with Gasteiger partial charge in [0.25, 0.3) is 5.91 Å². The molecule has 0 radical (unpaired) electrons. The van der Waals surface area contributed by atoms with Crippen molar-refractivity contribution in [1.29, 1.82) is 0 Å². The first-order valence-electron chi connectivity index (χ1n) is 19.4. The molecule has 6 rings (SSSR count). The highest BCUT2D eigenvalue weighted by Gasteiger charge is 2.66. The minimum absolute atomic E-state index is 0.00550. The number of allylic oxidation sites excluding steroid dienone is 4. The molecule has 1 aromatic heterocycles. The number of amides is 3. The highest BCUT2D eigenvalue weighted by atomic mass is 16.3. The van der Waals surface area contributed by atoms with Crippen LogP contribution in [0.4, 0.5) is 5.69 Å². The van der Waals surface area contributed by atoms with Crippen LogP contribution in [0.15, 0.2) is 84.2 Å². The monoisotopic (exact) mass is 733 g/mol. The third-order valence-electron chi connectivity index (χ3n) is 12.3. The molecule has 3 aliphatic rings. The Morgan fingerprint density at radius 1 is 1.06 bits per heavy atom. The molecule has 2 aliphatic carbocycles. The second-order valence-corrected chi connectivity index (χ2v) is 15.7. The fourth-order valence-electron chi connectivity index (χ4n) is 8.90. The maximum Gasteiger partial charge on any atom is 0.254 e. The predicted molar refractivity (Wildman–Crippen MR) is 213 cm³/mol. The molecule has 286 valence electrons. The standard InChI is InChI=1S/C44H55N5O5/c1-7-26(3)40-39-28(5)27(4)22-31-21-25(2)13-12-18-37(50)36(23-38(51)44(31,39)43(54)49-40)48-35-17-11-9-15-33(35)42(53)47-29(6)41(52)45-20-19-30-24-46-34-16-10-8-14-32(30)34/h8-11,14-17,19-22,24,26,28-29,31,36-37,39-40,46,48,50H,7,12-13,18,23H2,1-6H3,(H,45,52)(H,47,53)(H,49,54)/b20-19+,25-21+/t26-,28+,29-,31-,36+,37+,39-,40-,44+/m0/s1. The van der Waals surface area contributed by atoms with Gasteiger partial charge in [-0.05, 0) is 76.1 Å². The molecule has 2 heterocycles. The molecule has 1 fully saturated rings. The lowest BCUT2D eigenvalue weighted by Gasteiger charge is -2.46. The number of Topliss-reactive ketones (excluding diaryl/α,β-unsaturated/α-hetero) is 1. The van der Waals surface area contributed by atoms with Gasteiger partial charge in [-0.1, -0.05) is 80.8 Å². The van der Waals surface area contributed by atoms with Gasteiger partial charge in [0.1, 0.15) is 11.5 Å². The summed E-state index contributed by atoms with van der Waals surface area (Å²) in [6, 6.07) is 13.0. The van der Waals surface area contributed by atoms with Gasteiger partial charge in [-0.2, -0.15) is 0 Å². The van der Waals surface area contributed by atoms with Crippen molar-refractivity contribution in [3.8, 4) is 0 Å². The normalized spacial score (nSPS) is 29.5. The van der Waals surface area contributed by atoms with Crippen LogP contribution in [0.2, 0.25) is 0 Å². The first-order chi connectivity index (χ1) is 25.9. The fraction of sp³-hybridized carbons (Fsp3) is 0.455. The fourth-order valence-corrected chi connectivity index (χ4v) is 8.90. The molecule has 1 spiro atoms. The number of H-pyrrole nitrogens is 1. The first-order valence-corrected chi connectivity index (χ1v) is 19.4. The van der Waals surface area contributed by atoms with Crippen molar-refractivity contribution in [2.75, 3.05) is 5.32 Å². The van der Waals surface area contributed by atoms with Crippen molar-refractivity contribution >= 4 is 46.2 Å². The van der Waals surface area contributed by atoms with Gasteiger partial charge >= 0.3 is 0 Å². The molecule has 1 aliphatic heterocycles. The number of carbonyl (C=O) groups is 4. The number of ketones is 1. The van der Waals surface area contributed by atoms with E-state index in [0.717, 1.165) is 34.9 Å². The number of para-hydroxylation sites is 2. The number of nitrogens with one attached hydrogen (secondary N) is 5. The van der Waals surface area contributed by atoms with Gasteiger partial charge < -0.3 is 31.4 Å². The zero-order chi connectivity index (χ0) is 38.7. The van der Waals surface area contributed by atoms with E-state index in [0.29, 0.717) is 18.5 Å². The van der Waals surface area contributed by atoms with Crippen molar-refractivity contribution in [1.82, 2.24) is 20.9 Å². The van der Waals surface area contributed by atoms with Gasteiger partial charge in [0.2, 0.25) is 11.8 Å². The molecule has 1 saturated heterocycles. The van der Waals surface area contributed by atoms with Crippen molar-refractivity contribution in [3.05, 3.63) is 95.4 Å². The van der Waals surface area contributed by atoms with Crippen LogP contribution < -0.4 is 21.3 Å². The van der Waals surface area contributed by atoms with E-state index in [9.17, 15) is 19.5 Å². The van der Waals surface area contributed by atoms with Gasteiger partial charge in [0, 0.05) is 58.8 Å². The number of aromatic nitrogens is 1. The van der Waals surface area contributed by atoms with Crippen LogP contribution in [0.5, 0.6) is 0 Å². The second-order valence-electron chi connectivity index (χ2n) is 15.7. The number of benzene rings is 2. The average molecular weight is 734 g/mol. The van der Waals surface area contributed by atoms with Gasteiger partial charge in [0.05, 0.1) is 17.7 Å². The van der Waals surface area contributed by atoms with Gasteiger partial charge in [-0.3, -0.25) is 19.2 Å². The van der Waals surface area contributed by atoms with Crippen LogP contribution >= 0.6 is 0 Å². The van der Waals surface area contributed by atoms with E-state index in [2.05, 4.69) is 66.1 Å². The molecular weight excluding hydrogens is 679 g/mol. The van der Waals surface area contributed by atoms with E-state index in [-0.39, 0.29) is 47.5 Å². The van der Waals surface area contributed by atoms with Crippen LogP contribution in [0.25, 0.3) is 17.0 Å². The number of aliphatic hydroxyl groups excluding tert-OH is 1. The Morgan fingerprint density at radius 3 is 2.57 bits per heavy atom. The highest BCUT2D eigenvalue weighted by Crippen LogP contribution is 2.56. The molecule has 2 aromatic carbocycles. The van der Waals surface area contributed by atoms with Gasteiger partial charge in [-0.15, -0.1) is 0 Å². The molecule has 0 saturated carbocycles. The lowest BCUT2D eigenvalue weighted by atomic mass is 9.54. The summed E-state index contributed by atoms with van der Waals surface area (Å²) in [7, 11) is 0. The summed E-state index contributed by atoms with van der Waals surface area (Å²) in [4.78, 5) is 59.3. The van der Waals surface area contributed by atoms with E-state index in [4.69, 9.17) is 0 Å². The molecule has 9 atom stereocenters. The van der Waals surface area contributed by atoms with Crippen molar-refractivity contribution < 1.29 is 24.3 Å². The number of aromatic amines is 1. The third kappa shape index (κ3) is 7.40. The van der Waals surface area contributed by atoms with Gasteiger partial charge in [-0.25, -0.2) is 0 Å². The van der Waals surface area contributed by atoms with E-state index >= 15 is 4.79 Å². The van der Waals surface area contributed by atoms with E-state index in [1.54, 1.807) is 43.5 Å². The highest BCUT2D eigenvalue weighted by molar-refractivity contribution is 6.10. The summed E-state index contributed by atoms with van der Waals surface area (Å²) in [5.41, 5.74) is 3.56. The third-order valence-corrected chi connectivity index (χ3v) is 12.3.